The van der Waals surface area contributed by atoms with E-state index in [0.29, 0.717) is 39.6 Å². The second-order valence-corrected chi connectivity index (χ2v) is 7.78. The Balaban J connectivity index is 1.54. The van der Waals surface area contributed by atoms with E-state index in [2.05, 4.69) is 26.9 Å². The van der Waals surface area contributed by atoms with E-state index in [0.717, 1.165) is 16.5 Å². The maximum absolute atomic E-state index is 6.20. The molecule has 0 N–H and O–H groups in total. The van der Waals surface area contributed by atoms with Crippen LogP contribution in [0.3, 0.4) is 0 Å². The Kier molecular flexibility index (Phi) is 5.99. The number of nitrogens with zero attached hydrogens (tertiary/aromatic N) is 5. The summed E-state index contributed by atoms with van der Waals surface area (Å²) in [6, 6.07) is 14.8. The molecule has 0 spiro atoms. The van der Waals surface area contributed by atoms with Crippen LogP contribution in [-0.2, 0) is 12.3 Å². The molecule has 2 aromatic carbocycles. The number of hydrogen-bond acceptors (Lipinski definition) is 6. The minimum absolute atomic E-state index is 0.389. The van der Waals surface area contributed by atoms with Crippen molar-refractivity contribution in [2.75, 3.05) is 0 Å². The summed E-state index contributed by atoms with van der Waals surface area (Å²) in [6.45, 7) is 4.40. The second-order valence-electron chi connectivity index (χ2n) is 6.00. The summed E-state index contributed by atoms with van der Waals surface area (Å²) in [5.41, 5.74) is 1.63. The second kappa shape index (κ2) is 8.82. The number of aromatic nitrogens is 5. The molecular weight excluding hydrogens is 429 g/mol. The third-order valence-corrected chi connectivity index (χ3v) is 5.58. The van der Waals surface area contributed by atoms with Crippen molar-refractivity contribution < 1.29 is 4.52 Å². The molecule has 6 nitrogen and oxygen atoms in total. The molecule has 0 atom stereocenters. The van der Waals surface area contributed by atoms with Crippen molar-refractivity contribution in [3.63, 3.8) is 0 Å². The summed E-state index contributed by atoms with van der Waals surface area (Å²) in [5, 5.41) is 14.7. The molecule has 0 fully saturated rings. The van der Waals surface area contributed by atoms with Crippen molar-refractivity contribution in [2.24, 2.45) is 0 Å². The molecule has 0 aliphatic rings. The molecule has 2 aromatic heterocycles. The summed E-state index contributed by atoms with van der Waals surface area (Å²) in [4.78, 5) is 4.43. The lowest BCUT2D eigenvalue weighted by atomic mass is 10.2. The highest BCUT2D eigenvalue weighted by molar-refractivity contribution is 7.98. The molecule has 4 aromatic rings. The van der Waals surface area contributed by atoms with Crippen LogP contribution in [0, 0.1) is 0 Å². The first-order valence-electron chi connectivity index (χ1n) is 8.66. The number of thioether (sulfide) groups is 1. The number of benzene rings is 2. The minimum atomic E-state index is 0.389. The fraction of sp³-hybridized carbons (Fsp3) is 0.100. The molecule has 29 heavy (non-hydrogen) atoms. The molecule has 0 aliphatic carbocycles. The van der Waals surface area contributed by atoms with E-state index >= 15 is 0 Å². The lowest BCUT2D eigenvalue weighted by molar-refractivity contribution is 0.425. The fourth-order valence-corrected chi connectivity index (χ4v) is 3.82. The van der Waals surface area contributed by atoms with Crippen molar-refractivity contribution in [1.82, 2.24) is 24.9 Å². The van der Waals surface area contributed by atoms with Crippen LogP contribution in [0.4, 0.5) is 0 Å². The van der Waals surface area contributed by atoms with E-state index in [1.54, 1.807) is 12.1 Å². The maximum Gasteiger partial charge on any atom is 0.259 e. The van der Waals surface area contributed by atoms with E-state index in [1.807, 2.05) is 47.0 Å². The van der Waals surface area contributed by atoms with Crippen LogP contribution in [0.5, 0.6) is 0 Å². The molecule has 0 saturated carbocycles. The van der Waals surface area contributed by atoms with Crippen LogP contribution in [0.1, 0.15) is 5.82 Å². The summed E-state index contributed by atoms with van der Waals surface area (Å²) in [7, 11) is 0. The lowest BCUT2D eigenvalue weighted by Gasteiger charge is -2.07. The van der Waals surface area contributed by atoms with Gasteiger partial charge in [-0.25, -0.2) is 0 Å². The molecule has 0 aliphatic heterocycles. The Morgan fingerprint density at radius 2 is 1.86 bits per heavy atom. The van der Waals surface area contributed by atoms with Gasteiger partial charge in [0.15, 0.2) is 16.8 Å². The molecule has 0 saturated heterocycles. The van der Waals surface area contributed by atoms with Gasteiger partial charge in [0.05, 0.1) is 16.3 Å². The smallest absolute Gasteiger partial charge is 0.259 e. The first-order chi connectivity index (χ1) is 14.2. The van der Waals surface area contributed by atoms with Gasteiger partial charge in [0, 0.05) is 17.1 Å². The van der Waals surface area contributed by atoms with Crippen LogP contribution in [0.25, 0.3) is 22.8 Å². The zero-order valence-electron chi connectivity index (χ0n) is 15.1. The average Bonchev–Trinajstić information content (AvgIpc) is 3.35. The van der Waals surface area contributed by atoms with Gasteiger partial charge in [-0.3, -0.25) is 4.57 Å². The zero-order valence-corrected chi connectivity index (χ0v) is 17.5. The standard InChI is InChI=1S/C20H15Cl2N5OS/c1-2-11-27-18(13-7-9-14(21)10-8-13)24-25-20(27)29-12-17-23-19(28-26-17)15-5-3-4-6-16(15)22/h2-10H,1,11-12H2. The lowest BCUT2D eigenvalue weighted by Crippen LogP contribution is -2.00. The first kappa shape index (κ1) is 19.7. The molecule has 4 rings (SSSR count). The van der Waals surface area contributed by atoms with Crippen LogP contribution in [0.2, 0.25) is 10.0 Å². The molecule has 9 heteroatoms. The molecule has 0 unspecified atom stereocenters. The average molecular weight is 444 g/mol. The van der Waals surface area contributed by atoms with Crippen LogP contribution in [0.15, 0.2) is 70.9 Å². The summed E-state index contributed by atoms with van der Waals surface area (Å²) in [6.07, 6.45) is 1.80. The highest BCUT2D eigenvalue weighted by atomic mass is 35.5. The highest BCUT2D eigenvalue weighted by Gasteiger charge is 2.16. The first-order valence-corrected chi connectivity index (χ1v) is 10.4. The Labute approximate surface area is 181 Å². The quantitative estimate of drug-likeness (QED) is 0.266. The van der Waals surface area contributed by atoms with Crippen LogP contribution >= 0.6 is 35.0 Å². The monoisotopic (exact) mass is 443 g/mol. The van der Waals surface area contributed by atoms with Gasteiger partial charge >= 0.3 is 0 Å². The van der Waals surface area contributed by atoms with Gasteiger partial charge in [-0.15, -0.1) is 16.8 Å². The van der Waals surface area contributed by atoms with Crippen molar-refractivity contribution in [2.45, 2.75) is 17.5 Å². The predicted octanol–water partition coefficient (Wildman–Crippen LogP) is 5.78. The van der Waals surface area contributed by atoms with Crippen molar-refractivity contribution in [3.8, 4) is 22.8 Å². The van der Waals surface area contributed by atoms with E-state index in [1.165, 1.54) is 11.8 Å². The van der Waals surface area contributed by atoms with E-state index in [-0.39, 0.29) is 0 Å². The Bertz CT molecular complexity index is 1140. The molecule has 2 heterocycles. The van der Waals surface area contributed by atoms with Crippen molar-refractivity contribution >= 4 is 35.0 Å². The van der Waals surface area contributed by atoms with Crippen molar-refractivity contribution in [1.29, 1.82) is 0 Å². The minimum Gasteiger partial charge on any atom is -0.334 e. The van der Waals surface area contributed by atoms with Gasteiger partial charge in [-0.05, 0) is 36.4 Å². The largest absolute Gasteiger partial charge is 0.334 e. The number of halogens is 2. The Hall–Kier alpha value is -2.61. The van der Waals surface area contributed by atoms with Gasteiger partial charge < -0.3 is 4.52 Å². The van der Waals surface area contributed by atoms with E-state index in [9.17, 15) is 0 Å². The van der Waals surface area contributed by atoms with E-state index in [4.69, 9.17) is 27.7 Å². The zero-order chi connectivity index (χ0) is 20.2. The van der Waals surface area contributed by atoms with E-state index < -0.39 is 0 Å². The molecule has 0 amide bonds. The van der Waals surface area contributed by atoms with Crippen molar-refractivity contribution in [3.05, 3.63) is 77.1 Å². The van der Waals surface area contributed by atoms with Gasteiger partial charge in [-0.1, -0.05) is 58.3 Å². The molecular formula is C20H15Cl2N5OS. The fourth-order valence-electron chi connectivity index (χ4n) is 2.69. The molecule has 146 valence electrons. The molecule has 0 radical (unpaired) electrons. The Morgan fingerprint density at radius 3 is 2.62 bits per heavy atom. The topological polar surface area (TPSA) is 69.6 Å². The van der Waals surface area contributed by atoms with Gasteiger partial charge in [0.2, 0.25) is 0 Å². The summed E-state index contributed by atoms with van der Waals surface area (Å²) >= 11 is 13.6. The van der Waals surface area contributed by atoms with Gasteiger partial charge in [0.1, 0.15) is 0 Å². The third kappa shape index (κ3) is 4.37. The number of hydrogen-bond donors (Lipinski definition) is 0. The summed E-state index contributed by atoms with van der Waals surface area (Å²) in [5.74, 6) is 2.16. The summed E-state index contributed by atoms with van der Waals surface area (Å²) < 4.78 is 7.34. The highest BCUT2D eigenvalue weighted by Crippen LogP contribution is 2.29. The normalized spacial score (nSPS) is 11.0. The molecule has 0 bridgehead atoms. The number of allylic oxidation sites excluding steroid dienone is 1. The maximum atomic E-state index is 6.20. The van der Waals surface area contributed by atoms with Crippen LogP contribution in [-0.4, -0.2) is 24.9 Å². The van der Waals surface area contributed by atoms with Gasteiger partial charge in [0.25, 0.3) is 5.89 Å². The van der Waals surface area contributed by atoms with Gasteiger partial charge in [-0.2, -0.15) is 4.98 Å². The predicted molar refractivity (Wildman–Crippen MR) is 115 cm³/mol. The SMILES string of the molecule is C=CCn1c(SCc2noc(-c3ccccc3Cl)n2)nnc1-c1ccc(Cl)cc1. The third-order valence-electron chi connectivity index (χ3n) is 4.03. The Morgan fingerprint density at radius 1 is 1.07 bits per heavy atom. The number of rotatable bonds is 7. The van der Waals surface area contributed by atoms with Crippen LogP contribution < -0.4 is 0 Å².